The Morgan fingerprint density at radius 2 is 1.59 bits per heavy atom. The van der Waals surface area contributed by atoms with Crippen LogP contribution in [0.3, 0.4) is 0 Å². The maximum atomic E-state index is 12.2. The highest BCUT2D eigenvalue weighted by Gasteiger charge is 2.20. The lowest BCUT2D eigenvalue weighted by Gasteiger charge is -2.16. The Hall–Kier alpha value is -5.59. The number of methoxy groups -OCH3 is 1. The molecule has 0 aliphatic carbocycles. The first-order valence-corrected chi connectivity index (χ1v) is 17.4. The van der Waals surface area contributed by atoms with Crippen LogP contribution in [0.4, 0.5) is 5.69 Å². The second-order valence-electron chi connectivity index (χ2n) is 10.8. The van der Waals surface area contributed by atoms with E-state index in [9.17, 15) is 24.0 Å². The molecule has 54 heavy (non-hydrogen) atoms. The molecule has 3 aromatic rings. The molecule has 7 N–H and O–H groups in total. The predicted octanol–water partition coefficient (Wildman–Crippen LogP) is 5.22. The van der Waals surface area contributed by atoms with E-state index in [1.54, 1.807) is 26.2 Å². The number of benzene rings is 2. The number of hydrogen-bond donors (Lipinski definition) is 7. The van der Waals surface area contributed by atoms with Crippen molar-refractivity contribution >= 4 is 47.2 Å². The summed E-state index contributed by atoms with van der Waals surface area (Å²) in [5, 5.41) is 32.5. The molecule has 0 saturated heterocycles. The van der Waals surface area contributed by atoms with Gasteiger partial charge in [0, 0.05) is 31.2 Å². The molecule has 15 heteroatoms. The summed E-state index contributed by atoms with van der Waals surface area (Å²) in [7, 11) is 5.34. The summed E-state index contributed by atoms with van der Waals surface area (Å²) in [6.07, 6.45) is 7.83. The van der Waals surface area contributed by atoms with E-state index in [0.717, 1.165) is 30.3 Å². The Labute approximate surface area is 318 Å². The lowest BCUT2D eigenvalue weighted by atomic mass is 9.89. The number of carbonyl (C=O) groups excluding carboxylic acids is 2. The number of hydrogen-bond acceptors (Lipinski definition) is 10. The van der Waals surface area contributed by atoms with Gasteiger partial charge in [-0.3, -0.25) is 24.0 Å². The number of nitrogens with zero attached hydrogens (tertiary/aromatic N) is 1. The monoisotopic (exact) mass is 757 g/mol. The van der Waals surface area contributed by atoms with Crippen molar-refractivity contribution in [3.8, 4) is 12.3 Å². The Bertz CT molecular complexity index is 1620. The first kappa shape index (κ1) is 52.8. The fourth-order valence-electron chi connectivity index (χ4n) is 4.38. The average molecular weight is 758 g/mol. The van der Waals surface area contributed by atoms with Crippen LogP contribution in [0.15, 0.2) is 41.2 Å². The third-order valence-corrected chi connectivity index (χ3v) is 6.89. The number of aryl methyl sites for hydroxylation is 1. The van der Waals surface area contributed by atoms with E-state index < -0.39 is 23.9 Å². The molecule has 1 aromatic heterocycles. The van der Waals surface area contributed by atoms with E-state index in [0.29, 0.717) is 35.8 Å². The minimum Gasteiger partial charge on any atom is -0.483 e. The maximum Gasteiger partial charge on any atom is 0.326 e. The van der Waals surface area contributed by atoms with Crippen LogP contribution in [-0.2, 0) is 30.5 Å². The molecule has 1 amide bonds. The van der Waals surface area contributed by atoms with Gasteiger partial charge in [-0.05, 0) is 93.7 Å². The van der Waals surface area contributed by atoms with Crippen LogP contribution < -0.4 is 21.5 Å². The van der Waals surface area contributed by atoms with E-state index in [-0.39, 0.29) is 31.3 Å². The summed E-state index contributed by atoms with van der Waals surface area (Å²) < 4.78 is 5.03. The highest BCUT2D eigenvalue weighted by atomic mass is 16.5. The molecule has 2 aromatic carbocycles. The highest BCUT2D eigenvalue weighted by Crippen LogP contribution is 2.28. The number of amides is 1. The number of H-pyrrole nitrogens is 1. The number of aromatic amines is 1. The standard InChI is InChI=1S/C16H22N2O2.C10H9NO.C8H13NO5.C2H7N.C2H6.CH2O2/c1-5-11(6-2)12-8-13-14(7-10(12)3)17-15(9-20-4)18-16(13)19;1-2-7-11-10-5-3-9(8-12)4-6-10;1-2-6(10)9-5(8(13)14)3-4-7(11)12;1-3-2;1-2;2-1-3/h7-8,11H,5-6,9H2,1-4H3,(H,17,18,19);1,3-6,8,11H,7H2;5H,2-4H2,1H3,(H,9,10)(H,11,12)(H,13,14);3H,1-2H3;1-2H3;1H,(H,2,3)/t;;5-;;;/m..1.../s1. The smallest absolute Gasteiger partial charge is 0.326 e. The van der Waals surface area contributed by atoms with Crippen molar-refractivity contribution in [2.24, 2.45) is 0 Å². The zero-order valence-corrected chi connectivity index (χ0v) is 32.9. The molecular weight excluding hydrogens is 698 g/mol. The van der Waals surface area contributed by atoms with Gasteiger partial charge in [0.15, 0.2) is 0 Å². The van der Waals surface area contributed by atoms with Crippen LogP contribution in [0.1, 0.15) is 99.9 Å². The van der Waals surface area contributed by atoms with Gasteiger partial charge < -0.3 is 41.0 Å². The molecule has 0 saturated carbocycles. The molecule has 3 rings (SSSR count). The predicted molar refractivity (Wildman–Crippen MR) is 212 cm³/mol. The fraction of sp³-hybridized carbons (Fsp3) is 0.462. The third kappa shape index (κ3) is 23.1. The minimum absolute atomic E-state index is 0.0887. The van der Waals surface area contributed by atoms with Crippen LogP contribution in [0.5, 0.6) is 0 Å². The largest absolute Gasteiger partial charge is 0.483 e. The summed E-state index contributed by atoms with van der Waals surface area (Å²) in [5.74, 6) is 0.834. The Morgan fingerprint density at radius 3 is 2.02 bits per heavy atom. The Morgan fingerprint density at radius 1 is 1.04 bits per heavy atom. The van der Waals surface area contributed by atoms with Crippen LogP contribution in [-0.4, -0.2) is 89.7 Å². The van der Waals surface area contributed by atoms with Gasteiger partial charge in [0.25, 0.3) is 12.0 Å². The number of fused-ring (bicyclic) bond motifs is 1. The van der Waals surface area contributed by atoms with Crippen molar-refractivity contribution in [1.29, 1.82) is 0 Å². The molecule has 0 unspecified atom stereocenters. The molecule has 1 atom stereocenters. The van der Waals surface area contributed by atoms with Gasteiger partial charge in [-0.1, -0.05) is 40.5 Å². The number of anilines is 1. The summed E-state index contributed by atoms with van der Waals surface area (Å²) in [4.78, 5) is 69.6. The van der Waals surface area contributed by atoms with E-state index in [4.69, 9.17) is 31.3 Å². The number of nitrogens with one attached hydrogen (secondary N) is 4. The normalized spacial score (nSPS) is 9.87. The molecule has 15 nitrogen and oxygen atoms in total. The number of carboxylic acid groups (broad SMARTS) is 3. The summed E-state index contributed by atoms with van der Waals surface area (Å²) in [5.41, 5.74) is 4.71. The number of aromatic nitrogens is 2. The molecule has 0 aliphatic rings. The Balaban J connectivity index is -0.000000676. The van der Waals surface area contributed by atoms with E-state index in [1.807, 2.05) is 52.2 Å². The van der Waals surface area contributed by atoms with E-state index in [1.165, 1.54) is 11.1 Å². The number of aldehydes is 1. The SMILES string of the molecule is C#CCNc1ccc(C=O)cc1.CC.CCC(=O)N[C@H](CCC(=O)O)C(=O)O.CCC(CC)c1cc2c(=O)[nH]c(COC)nc2cc1C.CNC.O=CO. The third-order valence-electron chi connectivity index (χ3n) is 6.89. The van der Waals surface area contributed by atoms with Crippen LogP contribution in [0, 0.1) is 19.3 Å². The molecule has 0 aliphatic heterocycles. The van der Waals surface area contributed by atoms with E-state index >= 15 is 0 Å². The second kappa shape index (κ2) is 33.3. The summed E-state index contributed by atoms with van der Waals surface area (Å²) >= 11 is 0. The molecule has 300 valence electrons. The van der Waals surface area contributed by atoms with Gasteiger partial charge in [0.1, 0.15) is 24.8 Å². The average Bonchev–Trinajstić information content (AvgIpc) is 3.15. The van der Waals surface area contributed by atoms with Gasteiger partial charge in [0.05, 0.1) is 17.4 Å². The van der Waals surface area contributed by atoms with Crippen LogP contribution in [0.2, 0.25) is 0 Å². The molecule has 1 heterocycles. The number of ether oxygens (including phenoxy) is 1. The number of carboxylic acids is 2. The fourth-order valence-corrected chi connectivity index (χ4v) is 4.38. The number of aliphatic carboxylic acids is 2. The minimum atomic E-state index is -1.21. The van der Waals surface area contributed by atoms with Gasteiger partial charge in [0.2, 0.25) is 5.91 Å². The lowest BCUT2D eigenvalue weighted by molar-refractivity contribution is -0.143. The topological polar surface area (TPSA) is 237 Å². The van der Waals surface area contributed by atoms with Crippen LogP contribution >= 0.6 is 0 Å². The quantitative estimate of drug-likeness (QED) is 0.0826. The zero-order valence-electron chi connectivity index (χ0n) is 32.9. The first-order chi connectivity index (χ1) is 25.8. The van der Waals surface area contributed by atoms with Gasteiger partial charge in [-0.2, -0.15) is 0 Å². The Kier molecular flexibility index (Phi) is 32.5. The van der Waals surface area contributed by atoms with Crippen molar-refractivity contribution in [2.45, 2.75) is 92.2 Å². The summed E-state index contributed by atoms with van der Waals surface area (Å²) in [6, 6.07) is 10.0. The lowest BCUT2D eigenvalue weighted by Crippen LogP contribution is -2.40. The number of carbonyl (C=O) groups is 5. The highest BCUT2D eigenvalue weighted by molar-refractivity contribution is 5.83. The maximum absolute atomic E-state index is 12.2. The van der Waals surface area contributed by atoms with Crippen molar-refractivity contribution in [2.75, 3.05) is 33.1 Å². The van der Waals surface area contributed by atoms with Crippen LogP contribution in [0.25, 0.3) is 10.9 Å². The molecular formula is C39H59N5O10. The van der Waals surface area contributed by atoms with Crippen molar-refractivity contribution in [3.05, 3.63) is 69.3 Å². The number of rotatable bonds is 14. The van der Waals surface area contributed by atoms with Gasteiger partial charge in [-0.15, -0.1) is 6.42 Å². The van der Waals surface area contributed by atoms with Gasteiger partial charge in [-0.25, -0.2) is 9.78 Å². The second-order valence-corrected chi connectivity index (χ2v) is 10.8. The van der Waals surface area contributed by atoms with E-state index in [2.05, 4.69) is 52.6 Å². The summed E-state index contributed by atoms with van der Waals surface area (Å²) in [6.45, 7) is 12.6. The molecule has 0 radical (unpaired) electrons. The molecule has 0 fully saturated rings. The van der Waals surface area contributed by atoms with Crippen molar-refractivity contribution in [1.82, 2.24) is 20.6 Å². The zero-order chi connectivity index (χ0) is 42.1. The first-order valence-electron chi connectivity index (χ1n) is 17.4. The van der Waals surface area contributed by atoms with Crippen molar-refractivity contribution in [3.63, 3.8) is 0 Å². The molecule has 0 spiro atoms. The van der Waals surface area contributed by atoms with Crippen molar-refractivity contribution < 1.29 is 44.0 Å². The molecule has 0 bridgehead atoms. The van der Waals surface area contributed by atoms with Gasteiger partial charge >= 0.3 is 11.9 Å². The number of terminal acetylenes is 1.